The van der Waals surface area contributed by atoms with E-state index in [0.717, 1.165) is 48.2 Å². The topological polar surface area (TPSA) is 33.5 Å². The minimum atomic E-state index is 0.122. The summed E-state index contributed by atoms with van der Waals surface area (Å²) in [6, 6.07) is 7.75. The molecule has 0 unspecified atom stereocenters. The van der Waals surface area contributed by atoms with Gasteiger partial charge in [0.15, 0.2) is 0 Å². The van der Waals surface area contributed by atoms with E-state index < -0.39 is 0 Å². The van der Waals surface area contributed by atoms with Crippen LogP contribution in [0.15, 0.2) is 28.7 Å². The van der Waals surface area contributed by atoms with E-state index in [0.29, 0.717) is 0 Å². The van der Waals surface area contributed by atoms with Crippen molar-refractivity contribution in [3.63, 3.8) is 0 Å². The Balaban J connectivity index is 2.02. The number of rotatable bonds is 1. The monoisotopic (exact) mass is 243 g/mol. The molecule has 1 amide bonds. The molecular weight excluding hydrogens is 226 g/mol. The summed E-state index contributed by atoms with van der Waals surface area (Å²) in [6.07, 6.45) is 3.45. The number of furan rings is 1. The molecule has 1 aromatic carbocycles. The van der Waals surface area contributed by atoms with E-state index in [1.165, 1.54) is 6.42 Å². The smallest absolute Gasteiger partial charge is 0.258 e. The highest BCUT2D eigenvalue weighted by atomic mass is 16.3. The van der Waals surface area contributed by atoms with Crippen LogP contribution >= 0.6 is 0 Å². The number of benzene rings is 1. The molecule has 3 rings (SSSR count). The van der Waals surface area contributed by atoms with Crippen molar-refractivity contribution in [1.29, 1.82) is 0 Å². The van der Waals surface area contributed by atoms with Crippen molar-refractivity contribution >= 4 is 16.9 Å². The Hall–Kier alpha value is -1.77. The molecule has 3 heteroatoms. The number of carbonyl (C=O) groups excluding carboxylic acids is 1. The van der Waals surface area contributed by atoms with Crippen molar-refractivity contribution in [2.45, 2.75) is 26.2 Å². The molecule has 18 heavy (non-hydrogen) atoms. The minimum absolute atomic E-state index is 0.122. The number of carbonyl (C=O) groups is 1. The Bertz CT molecular complexity index is 579. The predicted molar refractivity (Wildman–Crippen MR) is 70.7 cm³/mol. The van der Waals surface area contributed by atoms with Gasteiger partial charge in [0.25, 0.3) is 5.91 Å². The number of para-hydroxylation sites is 1. The Kier molecular flexibility index (Phi) is 2.82. The van der Waals surface area contributed by atoms with E-state index in [1.54, 1.807) is 0 Å². The third-order valence-electron chi connectivity index (χ3n) is 3.63. The lowest BCUT2D eigenvalue weighted by molar-refractivity contribution is 0.0724. The zero-order valence-corrected chi connectivity index (χ0v) is 10.6. The Morgan fingerprint density at radius 1 is 1.17 bits per heavy atom. The number of fused-ring (bicyclic) bond motifs is 1. The van der Waals surface area contributed by atoms with Gasteiger partial charge in [-0.05, 0) is 32.3 Å². The molecule has 1 aliphatic heterocycles. The zero-order chi connectivity index (χ0) is 12.5. The van der Waals surface area contributed by atoms with Crippen LogP contribution in [0.4, 0.5) is 0 Å². The molecule has 0 N–H and O–H groups in total. The number of piperidine rings is 1. The number of aryl methyl sites for hydroxylation is 1. The molecule has 0 radical (unpaired) electrons. The quantitative estimate of drug-likeness (QED) is 0.769. The fourth-order valence-corrected chi connectivity index (χ4v) is 2.69. The van der Waals surface area contributed by atoms with Gasteiger partial charge >= 0.3 is 0 Å². The maximum Gasteiger partial charge on any atom is 0.258 e. The van der Waals surface area contributed by atoms with Crippen LogP contribution in [0.1, 0.15) is 35.4 Å². The second-order valence-electron chi connectivity index (χ2n) is 4.88. The summed E-state index contributed by atoms with van der Waals surface area (Å²) in [5.74, 6) is 0.851. The van der Waals surface area contributed by atoms with E-state index in [9.17, 15) is 4.79 Å². The lowest BCUT2D eigenvalue weighted by Crippen LogP contribution is -2.35. The van der Waals surface area contributed by atoms with Crippen molar-refractivity contribution < 1.29 is 9.21 Å². The largest absolute Gasteiger partial charge is 0.461 e. The van der Waals surface area contributed by atoms with Crippen molar-refractivity contribution in [1.82, 2.24) is 4.90 Å². The number of nitrogens with zero attached hydrogens (tertiary/aromatic N) is 1. The molecule has 1 aliphatic rings. The molecule has 1 aromatic heterocycles. The minimum Gasteiger partial charge on any atom is -0.461 e. The molecule has 0 aliphatic carbocycles. The fourth-order valence-electron chi connectivity index (χ4n) is 2.69. The van der Waals surface area contributed by atoms with Gasteiger partial charge in [0.2, 0.25) is 0 Å². The molecule has 0 bridgehead atoms. The van der Waals surface area contributed by atoms with E-state index in [4.69, 9.17) is 4.42 Å². The summed E-state index contributed by atoms with van der Waals surface area (Å²) in [6.45, 7) is 3.62. The van der Waals surface area contributed by atoms with Gasteiger partial charge < -0.3 is 9.32 Å². The van der Waals surface area contributed by atoms with Crippen molar-refractivity contribution in [3.05, 3.63) is 35.6 Å². The number of likely N-dealkylation sites (tertiary alicyclic amines) is 1. The van der Waals surface area contributed by atoms with Crippen molar-refractivity contribution in [2.75, 3.05) is 13.1 Å². The SMILES string of the molecule is Cc1oc2ccccc2c1C(=O)N1CCCCC1. The van der Waals surface area contributed by atoms with Gasteiger partial charge in [-0.2, -0.15) is 0 Å². The highest BCUT2D eigenvalue weighted by molar-refractivity contribution is 6.07. The van der Waals surface area contributed by atoms with Crippen LogP contribution < -0.4 is 0 Å². The van der Waals surface area contributed by atoms with Crippen LogP contribution in [-0.4, -0.2) is 23.9 Å². The van der Waals surface area contributed by atoms with Crippen molar-refractivity contribution in [3.8, 4) is 0 Å². The van der Waals surface area contributed by atoms with Gasteiger partial charge in [0, 0.05) is 18.5 Å². The maximum atomic E-state index is 12.6. The lowest BCUT2D eigenvalue weighted by Gasteiger charge is -2.26. The van der Waals surface area contributed by atoms with Gasteiger partial charge in [-0.25, -0.2) is 0 Å². The third-order valence-corrected chi connectivity index (χ3v) is 3.63. The molecule has 3 nitrogen and oxygen atoms in total. The highest BCUT2D eigenvalue weighted by Crippen LogP contribution is 2.27. The first-order valence-electron chi connectivity index (χ1n) is 6.55. The van der Waals surface area contributed by atoms with E-state index >= 15 is 0 Å². The maximum absolute atomic E-state index is 12.6. The van der Waals surface area contributed by atoms with Crippen molar-refractivity contribution in [2.24, 2.45) is 0 Å². The van der Waals surface area contributed by atoms with Crippen LogP contribution in [0, 0.1) is 6.92 Å². The first-order chi connectivity index (χ1) is 8.77. The Morgan fingerprint density at radius 3 is 2.67 bits per heavy atom. The summed E-state index contributed by atoms with van der Waals surface area (Å²) in [4.78, 5) is 14.5. The molecule has 1 saturated heterocycles. The first-order valence-corrected chi connectivity index (χ1v) is 6.55. The molecule has 0 atom stereocenters. The first kappa shape index (κ1) is 11.3. The van der Waals surface area contributed by atoms with Crippen LogP contribution in [0.25, 0.3) is 11.0 Å². The van der Waals surface area contributed by atoms with Crippen LogP contribution in [0.3, 0.4) is 0 Å². The molecule has 0 saturated carbocycles. The summed E-state index contributed by atoms with van der Waals surface area (Å²) in [5, 5.41) is 0.936. The van der Waals surface area contributed by atoms with Crippen LogP contribution in [-0.2, 0) is 0 Å². The predicted octanol–water partition coefficient (Wildman–Crippen LogP) is 3.37. The van der Waals surface area contributed by atoms with Gasteiger partial charge in [0.05, 0.1) is 5.56 Å². The van der Waals surface area contributed by atoms with E-state index in [-0.39, 0.29) is 5.91 Å². The van der Waals surface area contributed by atoms with E-state index in [2.05, 4.69) is 0 Å². The number of hydrogen-bond donors (Lipinski definition) is 0. The molecule has 0 spiro atoms. The molecule has 1 fully saturated rings. The summed E-state index contributed by atoms with van der Waals surface area (Å²) < 4.78 is 5.66. The molecular formula is C15H17NO2. The molecule has 2 heterocycles. The Labute approximate surface area is 106 Å². The Morgan fingerprint density at radius 2 is 1.89 bits per heavy atom. The standard InChI is InChI=1S/C15H17NO2/c1-11-14(12-7-3-4-8-13(12)18-11)15(17)16-9-5-2-6-10-16/h3-4,7-8H,2,5-6,9-10H2,1H3. The van der Waals surface area contributed by atoms with Gasteiger partial charge in [-0.3, -0.25) is 4.79 Å². The normalized spacial score (nSPS) is 16.2. The highest BCUT2D eigenvalue weighted by Gasteiger charge is 2.24. The van der Waals surface area contributed by atoms with Gasteiger partial charge in [-0.1, -0.05) is 18.2 Å². The summed E-state index contributed by atoms with van der Waals surface area (Å²) >= 11 is 0. The van der Waals surface area contributed by atoms with Crippen LogP contribution in [0.5, 0.6) is 0 Å². The number of amides is 1. The average molecular weight is 243 g/mol. The molecule has 2 aromatic rings. The molecule has 94 valence electrons. The van der Waals surface area contributed by atoms with E-state index in [1.807, 2.05) is 36.1 Å². The second kappa shape index (κ2) is 4.48. The summed E-state index contributed by atoms with van der Waals surface area (Å²) in [5.41, 5.74) is 1.54. The summed E-state index contributed by atoms with van der Waals surface area (Å²) in [7, 11) is 0. The second-order valence-corrected chi connectivity index (χ2v) is 4.88. The average Bonchev–Trinajstić information content (AvgIpc) is 2.75. The fraction of sp³-hybridized carbons (Fsp3) is 0.400. The van der Waals surface area contributed by atoms with Gasteiger partial charge in [-0.15, -0.1) is 0 Å². The zero-order valence-electron chi connectivity index (χ0n) is 10.6. The van der Waals surface area contributed by atoms with Gasteiger partial charge in [0.1, 0.15) is 11.3 Å². The lowest BCUT2D eigenvalue weighted by atomic mass is 10.1. The number of hydrogen-bond acceptors (Lipinski definition) is 2. The third kappa shape index (κ3) is 1.80. The van der Waals surface area contributed by atoms with Crippen LogP contribution in [0.2, 0.25) is 0 Å².